The molecule has 0 atom stereocenters. The van der Waals surface area contributed by atoms with Crippen LogP contribution in [0.3, 0.4) is 0 Å². The van der Waals surface area contributed by atoms with Crippen LogP contribution in [0.1, 0.15) is 28.9 Å². The second-order valence-electron chi connectivity index (χ2n) is 5.32. The predicted molar refractivity (Wildman–Crippen MR) is 83.1 cm³/mol. The second-order valence-corrected chi connectivity index (χ2v) is 5.32. The number of nitrogens with zero attached hydrogens (tertiary/aromatic N) is 2. The molecule has 1 aliphatic heterocycles. The van der Waals surface area contributed by atoms with Crippen molar-refractivity contribution in [3.8, 4) is 0 Å². The van der Waals surface area contributed by atoms with Crippen molar-refractivity contribution < 1.29 is 9.53 Å². The highest BCUT2D eigenvalue weighted by molar-refractivity contribution is 5.95. The first-order valence-corrected chi connectivity index (χ1v) is 7.28. The van der Waals surface area contributed by atoms with Crippen molar-refractivity contribution in [1.82, 2.24) is 15.1 Å². The van der Waals surface area contributed by atoms with E-state index in [1.807, 2.05) is 6.08 Å². The minimum absolute atomic E-state index is 0.131. The molecular formula is C16H18N4O2. The average molecular weight is 298 g/mol. The molecule has 0 spiro atoms. The Morgan fingerprint density at radius 1 is 1.45 bits per heavy atom. The van der Waals surface area contributed by atoms with Gasteiger partial charge in [-0.3, -0.25) is 4.79 Å². The average Bonchev–Trinajstić information content (AvgIpc) is 2.85. The van der Waals surface area contributed by atoms with Crippen molar-refractivity contribution in [2.24, 2.45) is 0 Å². The van der Waals surface area contributed by atoms with Gasteiger partial charge in [0.1, 0.15) is 5.82 Å². The summed E-state index contributed by atoms with van der Waals surface area (Å²) in [4.78, 5) is 12.4. The summed E-state index contributed by atoms with van der Waals surface area (Å²) < 4.78 is 6.85. The zero-order chi connectivity index (χ0) is 15.5. The van der Waals surface area contributed by atoms with Crippen molar-refractivity contribution >= 4 is 17.4 Å². The van der Waals surface area contributed by atoms with Crippen LogP contribution < -0.4 is 11.1 Å². The molecule has 1 amide bonds. The number of nitrogen functional groups attached to an aromatic ring is 1. The van der Waals surface area contributed by atoms with Gasteiger partial charge in [0.2, 0.25) is 0 Å². The molecule has 3 N–H and O–H groups in total. The van der Waals surface area contributed by atoms with Crippen LogP contribution in [0.15, 0.2) is 29.7 Å². The largest absolute Gasteiger partial charge is 0.383 e. The fourth-order valence-electron chi connectivity index (χ4n) is 2.49. The number of amides is 1. The van der Waals surface area contributed by atoms with E-state index >= 15 is 0 Å². The van der Waals surface area contributed by atoms with Crippen LogP contribution in [0.2, 0.25) is 0 Å². The maximum atomic E-state index is 12.4. The summed E-state index contributed by atoms with van der Waals surface area (Å²) in [5.41, 5.74) is 13.6. The van der Waals surface area contributed by atoms with Crippen molar-refractivity contribution in [2.45, 2.75) is 25.8 Å². The van der Waals surface area contributed by atoms with Gasteiger partial charge in [0.25, 0.3) is 5.91 Å². The van der Waals surface area contributed by atoms with Crippen LogP contribution in [0.4, 0.5) is 5.82 Å². The fraction of sp³-hybridized carbons (Fsp3) is 0.375. The van der Waals surface area contributed by atoms with Gasteiger partial charge in [0.05, 0.1) is 5.70 Å². The van der Waals surface area contributed by atoms with Gasteiger partial charge in [-0.2, -0.15) is 5.10 Å². The van der Waals surface area contributed by atoms with Gasteiger partial charge in [-0.25, -0.2) is 4.68 Å². The SMILES string of the molecule is Cc1c(C(=O)NC2CCOCC2)nn(C2=CC=C=C=C2)c1N. The van der Waals surface area contributed by atoms with Crippen LogP contribution in [0, 0.1) is 6.92 Å². The summed E-state index contributed by atoms with van der Waals surface area (Å²) in [7, 11) is 0. The number of carbonyl (C=O) groups excluding carboxylic acids is 1. The van der Waals surface area contributed by atoms with Gasteiger partial charge >= 0.3 is 0 Å². The fourth-order valence-corrected chi connectivity index (χ4v) is 2.49. The number of carbonyl (C=O) groups is 1. The number of ether oxygens (including phenoxy) is 1. The molecule has 0 bridgehead atoms. The molecule has 2 aliphatic rings. The maximum absolute atomic E-state index is 12.4. The third-order valence-electron chi connectivity index (χ3n) is 3.82. The zero-order valence-corrected chi connectivity index (χ0v) is 12.4. The number of allylic oxidation sites excluding steroid dienone is 4. The van der Waals surface area contributed by atoms with Crippen molar-refractivity contribution in [1.29, 1.82) is 0 Å². The standard InChI is InChI=1S/C16H18N4O2/c1-11-14(16(21)18-12-7-9-22-10-8-12)19-20(15(11)17)13-5-3-2-4-6-13/h3,5-6,12H,7-10,17H2,1H3,(H,18,21). The van der Waals surface area contributed by atoms with E-state index in [0.717, 1.165) is 18.5 Å². The number of rotatable bonds is 3. The first kappa shape index (κ1) is 14.4. The molecular weight excluding hydrogens is 280 g/mol. The van der Waals surface area contributed by atoms with E-state index in [2.05, 4.69) is 21.9 Å². The van der Waals surface area contributed by atoms with Gasteiger partial charge in [0.15, 0.2) is 5.69 Å². The molecule has 3 rings (SSSR count). The summed E-state index contributed by atoms with van der Waals surface area (Å²) in [5, 5.41) is 7.36. The lowest BCUT2D eigenvalue weighted by Gasteiger charge is -2.22. The monoisotopic (exact) mass is 298 g/mol. The summed E-state index contributed by atoms with van der Waals surface area (Å²) >= 11 is 0. The number of nitrogens with one attached hydrogen (secondary N) is 1. The summed E-state index contributed by atoms with van der Waals surface area (Å²) in [6.45, 7) is 3.16. The summed E-state index contributed by atoms with van der Waals surface area (Å²) in [6, 6.07) is 0.131. The van der Waals surface area contributed by atoms with Crippen LogP contribution >= 0.6 is 0 Å². The van der Waals surface area contributed by atoms with E-state index in [4.69, 9.17) is 10.5 Å². The van der Waals surface area contributed by atoms with E-state index in [1.165, 1.54) is 0 Å². The van der Waals surface area contributed by atoms with E-state index < -0.39 is 0 Å². The quantitative estimate of drug-likeness (QED) is 0.827. The van der Waals surface area contributed by atoms with Crippen molar-refractivity contribution in [2.75, 3.05) is 18.9 Å². The molecule has 6 heteroatoms. The Kier molecular flexibility index (Phi) is 3.98. The molecule has 114 valence electrons. The van der Waals surface area contributed by atoms with Gasteiger partial charge in [0, 0.05) is 30.9 Å². The topological polar surface area (TPSA) is 82.2 Å². The first-order valence-electron chi connectivity index (χ1n) is 7.28. The lowest BCUT2D eigenvalue weighted by Crippen LogP contribution is -2.39. The van der Waals surface area contributed by atoms with Gasteiger partial charge in [-0.15, -0.1) is 0 Å². The molecule has 2 heterocycles. The minimum atomic E-state index is -0.193. The Morgan fingerprint density at radius 3 is 2.91 bits per heavy atom. The highest BCUT2D eigenvalue weighted by Crippen LogP contribution is 2.21. The highest BCUT2D eigenvalue weighted by atomic mass is 16.5. The molecule has 1 aromatic rings. The molecule has 0 aromatic carbocycles. The second kappa shape index (κ2) is 6.08. The number of aromatic nitrogens is 2. The normalized spacial score (nSPS) is 17.6. The number of hydrogen-bond acceptors (Lipinski definition) is 4. The zero-order valence-electron chi connectivity index (χ0n) is 12.4. The van der Waals surface area contributed by atoms with Crippen molar-refractivity contribution in [3.05, 3.63) is 40.9 Å². The molecule has 0 saturated carbocycles. The molecule has 6 nitrogen and oxygen atoms in total. The first-order chi connectivity index (χ1) is 10.7. The Balaban J connectivity index is 1.82. The van der Waals surface area contributed by atoms with Gasteiger partial charge in [-0.1, -0.05) is 11.5 Å². The Labute approximate surface area is 128 Å². The number of nitrogens with two attached hydrogens (primary N) is 1. The number of hydrogen-bond donors (Lipinski definition) is 2. The third kappa shape index (κ3) is 2.76. The smallest absolute Gasteiger partial charge is 0.272 e. The van der Waals surface area contributed by atoms with E-state index in [9.17, 15) is 4.79 Å². The molecule has 0 unspecified atom stereocenters. The van der Waals surface area contributed by atoms with Gasteiger partial charge in [-0.05, 0) is 31.9 Å². The molecule has 0 radical (unpaired) electrons. The number of anilines is 1. The predicted octanol–water partition coefficient (Wildman–Crippen LogP) is 1.40. The third-order valence-corrected chi connectivity index (χ3v) is 3.82. The van der Waals surface area contributed by atoms with Crippen LogP contribution in [0.25, 0.3) is 5.70 Å². The summed E-state index contributed by atoms with van der Waals surface area (Å²) in [6.07, 6.45) is 6.92. The molecule has 1 saturated heterocycles. The van der Waals surface area contributed by atoms with Crippen LogP contribution in [0.5, 0.6) is 0 Å². The summed E-state index contributed by atoms with van der Waals surface area (Å²) in [5.74, 6) is 0.262. The van der Waals surface area contributed by atoms with Gasteiger partial charge < -0.3 is 15.8 Å². The minimum Gasteiger partial charge on any atom is -0.383 e. The van der Waals surface area contributed by atoms with Crippen molar-refractivity contribution in [3.63, 3.8) is 0 Å². The molecule has 22 heavy (non-hydrogen) atoms. The molecule has 1 fully saturated rings. The van der Waals surface area contributed by atoms with E-state index in [-0.39, 0.29) is 11.9 Å². The van der Waals surface area contributed by atoms with Crippen LogP contribution in [-0.4, -0.2) is 34.9 Å². The lowest BCUT2D eigenvalue weighted by atomic mass is 10.1. The Hall–Kier alpha value is -2.52. The Morgan fingerprint density at radius 2 is 2.23 bits per heavy atom. The molecule has 1 aromatic heterocycles. The van der Waals surface area contributed by atoms with E-state index in [1.54, 1.807) is 23.8 Å². The van der Waals surface area contributed by atoms with E-state index in [0.29, 0.717) is 30.3 Å². The maximum Gasteiger partial charge on any atom is 0.272 e. The lowest BCUT2D eigenvalue weighted by molar-refractivity contribution is 0.0693. The molecule has 1 aliphatic carbocycles. The highest BCUT2D eigenvalue weighted by Gasteiger charge is 2.23. The Bertz CT molecular complexity index is 726. The van der Waals surface area contributed by atoms with Crippen LogP contribution in [-0.2, 0) is 4.74 Å².